The first-order valence-electron chi connectivity index (χ1n) is 6.54. The number of halogens is 3. The minimum Gasteiger partial charge on any atom is -0.454 e. The molecule has 0 spiro atoms. The van der Waals surface area contributed by atoms with Crippen molar-refractivity contribution in [3.05, 3.63) is 33.9 Å². The molecule has 8 nitrogen and oxygen atoms in total. The van der Waals surface area contributed by atoms with Crippen LogP contribution in [0.4, 0.5) is 24.5 Å². The Morgan fingerprint density at radius 3 is 2.50 bits per heavy atom. The van der Waals surface area contributed by atoms with Gasteiger partial charge in [-0.25, -0.2) is 4.79 Å². The number of alkyl halides is 3. The number of carbonyl (C=O) groups excluding carboxylic acids is 2. The minimum atomic E-state index is -4.76. The zero-order valence-electron chi connectivity index (χ0n) is 12.4. The molecule has 0 aliphatic rings. The lowest BCUT2D eigenvalue weighted by atomic mass is 10.1. The number of nitrogens with zero attached hydrogens (tertiary/aromatic N) is 1. The smallest absolute Gasteiger partial charge is 0.416 e. The zero-order chi connectivity index (χ0) is 18.3. The predicted octanol–water partition coefficient (Wildman–Crippen LogP) is 2.13. The van der Waals surface area contributed by atoms with Gasteiger partial charge in [-0.05, 0) is 19.1 Å². The number of amides is 1. The van der Waals surface area contributed by atoms with Crippen LogP contribution in [0.5, 0.6) is 0 Å². The average Bonchev–Trinajstić information content (AvgIpc) is 2.49. The molecule has 0 aliphatic carbocycles. The van der Waals surface area contributed by atoms with Gasteiger partial charge in [-0.1, -0.05) is 0 Å². The van der Waals surface area contributed by atoms with E-state index in [0.717, 1.165) is 6.07 Å². The fourth-order valence-electron chi connectivity index (χ4n) is 1.52. The third-order valence-electron chi connectivity index (χ3n) is 2.58. The molecule has 0 heterocycles. The summed E-state index contributed by atoms with van der Waals surface area (Å²) in [5.74, 6) is -1.77. The number of hydrogen-bond acceptors (Lipinski definition) is 6. The van der Waals surface area contributed by atoms with Crippen molar-refractivity contribution in [2.45, 2.75) is 13.1 Å². The number of rotatable bonds is 7. The van der Waals surface area contributed by atoms with E-state index in [9.17, 15) is 32.9 Å². The molecule has 0 radical (unpaired) electrons. The fraction of sp³-hybridized carbons (Fsp3) is 0.385. The highest BCUT2D eigenvalue weighted by molar-refractivity contribution is 5.95. The average molecular weight is 350 g/mol. The monoisotopic (exact) mass is 350 g/mol. The summed E-state index contributed by atoms with van der Waals surface area (Å²) in [7, 11) is 0. The van der Waals surface area contributed by atoms with Crippen LogP contribution in [0.25, 0.3) is 0 Å². The first-order valence-corrected chi connectivity index (χ1v) is 6.54. The summed E-state index contributed by atoms with van der Waals surface area (Å²) in [4.78, 5) is 32.5. The fourth-order valence-corrected chi connectivity index (χ4v) is 1.52. The normalized spacial score (nSPS) is 11.0. The number of nitro benzene ring substituents is 1. The van der Waals surface area contributed by atoms with Crippen LogP contribution in [0.2, 0.25) is 0 Å². The van der Waals surface area contributed by atoms with Gasteiger partial charge in [0.15, 0.2) is 6.61 Å². The van der Waals surface area contributed by atoms with E-state index in [0.29, 0.717) is 12.1 Å². The van der Waals surface area contributed by atoms with Crippen LogP contribution in [0.3, 0.4) is 0 Å². The highest BCUT2D eigenvalue weighted by atomic mass is 19.4. The summed E-state index contributed by atoms with van der Waals surface area (Å²) in [5, 5.41) is 12.9. The number of nitro groups is 1. The third-order valence-corrected chi connectivity index (χ3v) is 2.58. The standard InChI is InChI=1S/C13H13F3N2O6/c1-2-23-7-12(20)24-6-11(19)17-9-4-3-8(13(14,15)16)5-10(9)18(21)22/h3-5H,2,6-7H2,1H3,(H,17,19). The maximum Gasteiger partial charge on any atom is 0.416 e. The van der Waals surface area contributed by atoms with E-state index >= 15 is 0 Å². The van der Waals surface area contributed by atoms with Gasteiger partial charge in [0.05, 0.1) is 10.5 Å². The van der Waals surface area contributed by atoms with E-state index in [-0.39, 0.29) is 13.2 Å². The number of ether oxygens (including phenoxy) is 2. The molecule has 0 saturated heterocycles. The Labute approximate surface area is 133 Å². The Balaban J connectivity index is 2.78. The highest BCUT2D eigenvalue weighted by Gasteiger charge is 2.33. The molecule has 0 aliphatic heterocycles. The van der Waals surface area contributed by atoms with Gasteiger partial charge in [-0.2, -0.15) is 13.2 Å². The van der Waals surface area contributed by atoms with Crippen molar-refractivity contribution in [1.29, 1.82) is 0 Å². The summed E-state index contributed by atoms with van der Waals surface area (Å²) >= 11 is 0. The van der Waals surface area contributed by atoms with Gasteiger partial charge in [0.1, 0.15) is 12.3 Å². The van der Waals surface area contributed by atoms with Crippen LogP contribution in [0.15, 0.2) is 18.2 Å². The molecule has 1 amide bonds. The Bertz CT molecular complexity index is 633. The highest BCUT2D eigenvalue weighted by Crippen LogP contribution is 2.34. The molecule has 0 saturated carbocycles. The first kappa shape index (κ1) is 19.4. The lowest BCUT2D eigenvalue weighted by Crippen LogP contribution is -2.23. The number of benzene rings is 1. The van der Waals surface area contributed by atoms with Crippen molar-refractivity contribution in [1.82, 2.24) is 0 Å². The first-order chi connectivity index (χ1) is 11.1. The van der Waals surface area contributed by atoms with E-state index in [4.69, 9.17) is 4.74 Å². The molecule has 0 aromatic heterocycles. The summed E-state index contributed by atoms with van der Waals surface area (Å²) in [5.41, 5.74) is -2.60. The van der Waals surface area contributed by atoms with Gasteiger partial charge in [0.2, 0.25) is 0 Å². The quantitative estimate of drug-likeness (QED) is 0.458. The van der Waals surface area contributed by atoms with Crippen LogP contribution < -0.4 is 5.32 Å². The Morgan fingerprint density at radius 2 is 1.96 bits per heavy atom. The van der Waals surface area contributed by atoms with E-state index in [1.54, 1.807) is 6.92 Å². The molecule has 0 atom stereocenters. The second-order valence-electron chi connectivity index (χ2n) is 4.33. The summed E-state index contributed by atoms with van der Waals surface area (Å²) < 4.78 is 46.9. The Morgan fingerprint density at radius 1 is 1.29 bits per heavy atom. The maximum absolute atomic E-state index is 12.6. The lowest BCUT2D eigenvalue weighted by molar-refractivity contribution is -0.384. The minimum absolute atomic E-state index is 0.263. The van der Waals surface area contributed by atoms with E-state index < -0.39 is 46.5 Å². The lowest BCUT2D eigenvalue weighted by Gasteiger charge is -2.10. The van der Waals surface area contributed by atoms with Crippen LogP contribution >= 0.6 is 0 Å². The van der Waals surface area contributed by atoms with Crippen LogP contribution in [-0.2, 0) is 25.2 Å². The molecule has 1 rings (SSSR count). The topological polar surface area (TPSA) is 108 Å². The van der Waals surface area contributed by atoms with Gasteiger partial charge >= 0.3 is 12.1 Å². The second kappa shape index (κ2) is 8.24. The van der Waals surface area contributed by atoms with Crippen molar-refractivity contribution in [3.63, 3.8) is 0 Å². The molecule has 1 N–H and O–H groups in total. The van der Waals surface area contributed by atoms with Crippen molar-refractivity contribution >= 4 is 23.3 Å². The Kier molecular flexibility index (Phi) is 6.65. The van der Waals surface area contributed by atoms with Crippen LogP contribution in [0, 0.1) is 10.1 Å². The molecule has 24 heavy (non-hydrogen) atoms. The van der Waals surface area contributed by atoms with Crippen molar-refractivity contribution in [3.8, 4) is 0 Å². The summed E-state index contributed by atoms with van der Waals surface area (Å²) in [6.45, 7) is 0.775. The van der Waals surface area contributed by atoms with Gasteiger partial charge in [0.25, 0.3) is 11.6 Å². The number of anilines is 1. The van der Waals surface area contributed by atoms with Gasteiger partial charge in [0, 0.05) is 12.7 Å². The van der Waals surface area contributed by atoms with Gasteiger partial charge < -0.3 is 14.8 Å². The van der Waals surface area contributed by atoms with Crippen molar-refractivity contribution in [2.24, 2.45) is 0 Å². The number of nitrogens with one attached hydrogen (secondary N) is 1. The van der Waals surface area contributed by atoms with Gasteiger partial charge in [-0.15, -0.1) is 0 Å². The Hall–Kier alpha value is -2.69. The third kappa shape index (κ3) is 5.83. The maximum atomic E-state index is 12.6. The van der Waals surface area contributed by atoms with Crippen molar-refractivity contribution < 1.29 is 37.2 Å². The number of carbonyl (C=O) groups is 2. The SMILES string of the molecule is CCOCC(=O)OCC(=O)Nc1ccc(C(F)(F)F)cc1[N+](=O)[O-]. The molecule has 132 valence electrons. The second-order valence-corrected chi connectivity index (χ2v) is 4.33. The zero-order valence-corrected chi connectivity index (χ0v) is 12.4. The van der Waals surface area contributed by atoms with Crippen LogP contribution in [-0.4, -0.2) is 36.6 Å². The van der Waals surface area contributed by atoms with Crippen LogP contribution in [0.1, 0.15) is 12.5 Å². The molecule has 0 bridgehead atoms. The largest absolute Gasteiger partial charge is 0.454 e. The van der Waals surface area contributed by atoms with E-state index in [1.165, 1.54) is 0 Å². The molecular formula is C13H13F3N2O6. The molecule has 11 heteroatoms. The summed E-state index contributed by atoms with van der Waals surface area (Å²) in [6, 6.07) is 1.64. The summed E-state index contributed by atoms with van der Waals surface area (Å²) in [6.07, 6.45) is -4.76. The van der Waals surface area contributed by atoms with Crippen molar-refractivity contribution in [2.75, 3.05) is 25.1 Å². The molecule has 0 fully saturated rings. The van der Waals surface area contributed by atoms with Gasteiger partial charge in [-0.3, -0.25) is 14.9 Å². The van der Waals surface area contributed by atoms with E-state index in [2.05, 4.69) is 4.74 Å². The van der Waals surface area contributed by atoms with E-state index in [1.807, 2.05) is 5.32 Å². The molecule has 1 aromatic rings. The molecular weight excluding hydrogens is 337 g/mol. The number of esters is 1. The number of hydrogen-bond donors (Lipinski definition) is 1. The molecule has 0 unspecified atom stereocenters. The predicted molar refractivity (Wildman–Crippen MR) is 74.2 cm³/mol. The molecule has 1 aromatic carbocycles.